The van der Waals surface area contributed by atoms with Crippen LogP contribution in [0.25, 0.3) is 11.0 Å². The van der Waals surface area contributed by atoms with Gasteiger partial charge in [-0.05, 0) is 49.8 Å². The van der Waals surface area contributed by atoms with Gasteiger partial charge in [0.25, 0.3) is 0 Å². The monoisotopic (exact) mass is 544 g/mol. The fourth-order valence-corrected chi connectivity index (χ4v) is 4.69. The number of benzene rings is 1. The predicted octanol–water partition coefficient (Wildman–Crippen LogP) is 6.82. The molecule has 0 spiro atoms. The highest BCUT2D eigenvalue weighted by atomic mass is 35.5. The number of halogens is 1. The molecule has 1 N–H and O–H groups in total. The van der Waals surface area contributed by atoms with Gasteiger partial charge < -0.3 is 18.8 Å². The van der Waals surface area contributed by atoms with Crippen molar-refractivity contribution in [1.82, 2.24) is 14.7 Å². The molecule has 206 valence electrons. The lowest BCUT2D eigenvalue weighted by Crippen LogP contribution is -2.40. The zero-order chi connectivity index (χ0) is 27.4. The summed E-state index contributed by atoms with van der Waals surface area (Å²) in [5.41, 5.74) is 2.58. The van der Waals surface area contributed by atoms with Gasteiger partial charge in [0.15, 0.2) is 5.82 Å². The number of fused-ring (bicyclic) bond motifs is 1. The molecule has 1 saturated heterocycles. The molecule has 2 amide bonds. The summed E-state index contributed by atoms with van der Waals surface area (Å²) in [5.74, 6) is 2.09. The van der Waals surface area contributed by atoms with Crippen LogP contribution in [-0.2, 0) is 16.0 Å². The number of aryl methyl sites for hydroxylation is 1. The Balaban J connectivity index is 1.29. The summed E-state index contributed by atoms with van der Waals surface area (Å²) in [6.07, 6.45) is 0.702. The van der Waals surface area contributed by atoms with E-state index in [-0.39, 0.29) is 24.5 Å². The van der Waals surface area contributed by atoms with Gasteiger partial charge in [0.05, 0.1) is 19.8 Å². The van der Waals surface area contributed by atoms with E-state index < -0.39 is 6.09 Å². The first-order chi connectivity index (χ1) is 18.1. The molecule has 0 bridgehead atoms. The van der Waals surface area contributed by atoms with E-state index in [2.05, 4.69) is 24.3 Å². The predicted molar refractivity (Wildman–Crippen MR) is 147 cm³/mol. The molecule has 2 aromatic heterocycles. The highest BCUT2D eigenvalue weighted by Gasteiger charge is 2.25. The molecule has 3 aromatic rings. The van der Waals surface area contributed by atoms with E-state index in [1.54, 1.807) is 15.6 Å². The highest BCUT2D eigenvalue weighted by Crippen LogP contribution is 2.31. The number of hydrogen-bond acceptors (Lipinski definition) is 6. The van der Waals surface area contributed by atoms with Crippen LogP contribution >= 0.6 is 11.6 Å². The third-order valence-electron chi connectivity index (χ3n) is 6.64. The fourth-order valence-electron chi connectivity index (χ4n) is 4.45. The zero-order valence-corrected chi connectivity index (χ0v) is 23.5. The maximum atomic E-state index is 12.4. The Bertz CT molecular complexity index is 1270. The number of aromatic nitrogens is 2. The van der Waals surface area contributed by atoms with Crippen molar-refractivity contribution in [3.63, 3.8) is 0 Å². The van der Waals surface area contributed by atoms with Gasteiger partial charge in [0.1, 0.15) is 11.3 Å². The van der Waals surface area contributed by atoms with Crippen LogP contribution in [0.1, 0.15) is 63.5 Å². The molecule has 3 heterocycles. The van der Waals surface area contributed by atoms with E-state index in [0.717, 1.165) is 40.8 Å². The molecular weight excluding hydrogens is 508 g/mol. The molecular formula is C28H37ClN4O5. The maximum Gasteiger partial charge on any atom is 0.412 e. The van der Waals surface area contributed by atoms with Gasteiger partial charge in [-0.15, -0.1) is 0 Å². The first-order valence-corrected chi connectivity index (χ1v) is 13.6. The van der Waals surface area contributed by atoms with Crippen LogP contribution in [0.15, 0.2) is 28.7 Å². The number of nitrogens with zero attached hydrogens (tertiary/aromatic N) is 3. The van der Waals surface area contributed by atoms with Gasteiger partial charge in [-0.2, -0.15) is 5.10 Å². The molecule has 1 aliphatic heterocycles. The van der Waals surface area contributed by atoms with Gasteiger partial charge in [-0.25, -0.2) is 9.59 Å². The summed E-state index contributed by atoms with van der Waals surface area (Å²) >= 11 is 6.37. The van der Waals surface area contributed by atoms with Crippen LogP contribution in [0, 0.1) is 18.8 Å². The summed E-state index contributed by atoms with van der Waals surface area (Å²) in [5, 5.41) is 8.85. The maximum absolute atomic E-state index is 12.4. The van der Waals surface area contributed by atoms with E-state index in [1.165, 1.54) is 0 Å². The van der Waals surface area contributed by atoms with E-state index in [4.69, 9.17) is 25.5 Å². The molecule has 1 fully saturated rings. The van der Waals surface area contributed by atoms with Crippen molar-refractivity contribution in [2.24, 2.45) is 11.8 Å². The number of likely N-dealkylation sites (tertiary alicyclic amines) is 1. The number of piperidine rings is 1. The van der Waals surface area contributed by atoms with Crippen molar-refractivity contribution < 1.29 is 23.5 Å². The molecule has 9 nitrogen and oxygen atoms in total. The summed E-state index contributed by atoms with van der Waals surface area (Å²) in [6.45, 7) is 12.5. The lowest BCUT2D eigenvalue weighted by atomic mass is 9.98. The van der Waals surface area contributed by atoms with Gasteiger partial charge >= 0.3 is 12.2 Å². The minimum Gasteiger partial charge on any atom is -0.460 e. The van der Waals surface area contributed by atoms with E-state index in [0.29, 0.717) is 43.0 Å². The van der Waals surface area contributed by atoms with Crippen molar-refractivity contribution >= 4 is 40.6 Å². The van der Waals surface area contributed by atoms with Crippen molar-refractivity contribution in [3.05, 3.63) is 46.3 Å². The van der Waals surface area contributed by atoms with Crippen molar-refractivity contribution in [3.8, 4) is 0 Å². The van der Waals surface area contributed by atoms with Crippen molar-refractivity contribution in [2.45, 2.75) is 59.9 Å². The summed E-state index contributed by atoms with van der Waals surface area (Å²) in [6, 6.07) is 7.61. The zero-order valence-electron chi connectivity index (χ0n) is 22.8. The number of amides is 2. The molecule has 4 rings (SSSR count). The Hall–Kier alpha value is -3.20. The smallest absolute Gasteiger partial charge is 0.412 e. The quantitative estimate of drug-likeness (QED) is 0.334. The summed E-state index contributed by atoms with van der Waals surface area (Å²) < 4.78 is 18.7. The largest absolute Gasteiger partial charge is 0.460 e. The molecule has 1 aliphatic rings. The lowest BCUT2D eigenvalue weighted by molar-refractivity contribution is 0.0677. The van der Waals surface area contributed by atoms with E-state index in [1.807, 2.05) is 39.0 Å². The van der Waals surface area contributed by atoms with Crippen LogP contribution in [0.4, 0.5) is 15.4 Å². The molecule has 38 heavy (non-hydrogen) atoms. The Morgan fingerprint density at radius 3 is 2.55 bits per heavy atom. The van der Waals surface area contributed by atoms with Crippen LogP contribution in [0.3, 0.4) is 0 Å². The topological polar surface area (TPSA) is 98.8 Å². The first kappa shape index (κ1) is 27.8. The average molecular weight is 545 g/mol. The standard InChI is InChI=1S/C28H37ClN4O5/c1-17(2)15-37-28(35)32-8-6-20(7-9-32)16-36-27(34)30-25-10-19(5)33(31-25)14-22-12-23(29)11-21-13-24(18(3)4)38-26(21)22/h10-13,17-18,20H,6-9,14-16H2,1-5H3,(H,30,31,34). The van der Waals surface area contributed by atoms with Gasteiger partial charge in [-0.1, -0.05) is 39.3 Å². The number of furan rings is 1. The third kappa shape index (κ3) is 7.01. The summed E-state index contributed by atoms with van der Waals surface area (Å²) in [7, 11) is 0. The number of rotatable bonds is 8. The minimum atomic E-state index is -0.550. The van der Waals surface area contributed by atoms with E-state index >= 15 is 0 Å². The number of ether oxygens (including phenoxy) is 2. The second-order valence-corrected chi connectivity index (χ2v) is 11.2. The number of hydrogen-bond donors (Lipinski definition) is 1. The Morgan fingerprint density at radius 2 is 1.87 bits per heavy atom. The van der Waals surface area contributed by atoms with Gasteiger partial charge in [-0.3, -0.25) is 10.00 Å². The van der Waals surface area contributed by atoms with Gasteiger partial charge in [0, 0.05) is 46.7 Å². The Morgan fingerprint density at radius 1 is 1.13 bits per heavy atom. The Kier molecular flexibility index (Phi) is 8.87. The molecule has 1 aromatic carbocycles. The van der Waals surface area contributed by atoms with Crippen molar-refractivity contribution in [1.29, 1.82) is 0 Å². The highest BCUT2D eigenvalue weighted by molar-refractivity contribution is 6.31. The molecule has 0 atom stereocenters. The lowest BCUT2D eigenvalue weighted by Gasteiger charge is -2.31. The Labute approximate surface area is 228 Å². The molecule has 10 heteroatoms. The normalized spacial score (nSPS) is 14.5. The van der Waals surface area contributed by atoms with E-state index in [9.17, 15) is 9.59 Å². The van der Waals surface area contributed by atoms with Crippen LogP contribution in [0.5, 0.6) is 0 Å². The second kappa shape index (κ2) is 12.1. The number of anilines is 1. The molecule has 0 unspecified atom stereocenters. The third-order valence-corrected chi connectivity index (χ3v) is 6.86. The van der Waals surface area contributed by atoms with Crippen LogP contribution < -0.4 is 5.32 Å². The van der Waals surface area contributed by atoms with Gasteiger partial charge in [0.2, 0.25) is 0 Å². The number of carbonyl (C=O) groups is 2. The first-order valence-electron chi connectivity index (χ1n) is 13.2. The summed E-state index contributed by atoms with van der Waals surface area (Å²) in [4.78, 5) is 26.3. The fraction of sp³-hybridized carbons (Fsp3) is 0.536. The SMILES string of the molecule is Cc1cc(NC(=O)OCC2CCN(C(=O)OCC(C)C)CC2)nn1Cc1cc(Cl)cc2cc(C(C)C)oc12. The number of carbonyl (C=O) groups excluding carboxylic acids is 2. The minimum absolute atomic E-state index is 0.198. The molecule has 0 saturated carbocycles. The van der Waals surface area contributed by atoms with Crippen molar-refractivity contribution in [2.75, 3.05) is 31.6 Å². The average Bonchev–Trinajstić information content (AvgIpc) is 3.44. The second-order valence-electron chi connectivity index (χ2n) is 10.7. The van der Waals surface area contributed by atoms with Crippen LogP contribution in [0.2, 0.25) is 5.02 Å². The molecule has 0 radical (unpaired) electrons. The van der Waals surface area contributed by atoms with Crippen LogP contribution in [-0.4, -0.2) is 53.2 Å². The molecule has 0 aliphatic carbocycles. The number of nitrogens with one attached hydrogen (secondary N) is 1.